The highest BCUT2D eigenvalue weighted by Crippen LogP contribution is 2.15. The number of nitrogens with one attached hydrogen (secondary N) is 1. The first-order valence-corrected chi connectivity index (χ1v) is 9.52. The zero-order valence-corrected chi connectivity index (χ0v) is 16.6. The van der Waals surface area contributed by atoms with Gasteiger partial charge in [0.2, 0.25) is 5.91 Å². The molecule has 1 amide bonds. The molecule has 0 saturated heterocycles. The molecule has 0 atom stereocenters. The van der Waals surface area contributed by atoms with Gasteiger partial charge in [0.05, 0.1) is 17.2 Å². The Morgan fingerprint density at radius 1 is 1.18 bits per heavy atom. The number of likely N-dealkylation sites (N-methyl/N-ethyl adjacent to an activating group) is 1. The third-order valence-corrected chi connectivity index (χ3v) is 4.82. The SMILES string of the molecule is CCN(CCNC(=O)Cn1cnc2c(C)cccc2c1=O)c1cccc(C)c1. The van der Waals surface area contributed by atoms with Crippen LogP contribution in [0.2, 0.25) is 0 Å². The van der Waals surface area contributed by atoms with Gasteiger partial charge in [-0.1, -0.05) is 24.3 Å². The molecule has 0 aliphatic rings. The van der Waals surface area contributed by atoms with Gasteiger partial charge in [-0.15, -0.1) is 0 Å². The minimum Gasteiger partial charge on any atom is -0.370 e. The quantitative estimate of drug-likeness (QED) is 0.686. The summed E-state index contributed by atoms with van der Waals surface area (Å²) in [5.74, 6) is -0.198. The second kappa shape index (κ2) is 8.69. The smallest absolute Gasteiger partial charge is 0.261 e. The highest BCUT2D eigenvalue weighted by Gasteiger charge is 2.10. The number of anilines is 1. The van der Waals surface area contributed by atoms with E-state index in [1.165, 1.54) is 16.5 Å². The molecule has 0 radical (unpaired) electrons. The Kier molecular flexibility index (Phi) is 6.09. The molecule has 3 aromatic rings. The lowest BCUT2D eigenvalue weighted by Crippen LogP contribution is -2.38. The van der Waals surface area contributed by atoms with Crippen LogP contribution in [0.1, 0.15) is 18.1 Å². The summed E-state index contributed by atoms with van der Waals surface area (Å²) >= 11 is 0. The molecule has 6 heteroatoms. The van der Waals surface area contributed by atoms with Crippen LogP contribution in [-0.4, -0.2) is 35.1 Å². The normalized spacial score (nSPS) is 10.8. The topological polar surface area (TPSA) is 67.2 Å². The van der Waals surface area contributed by atoms with E-state index in [2.05, 4.69) is 47.2 Å². The highest BCUT2D eigenvalue weighted by atomic mass is 16.2. The van der Waals surface area contributed by atoms with Crippen molar-refractivity contribution in [2.75, 3.05) is 24.5 Å². The standard InChI is InChI=1S/C22H26N4O2/c1-4-25(18-9-5-7-16(2)13-18)12-11-23-20(27)14-26-15-24-21-17(3)8-6-10-19(21)22(26)28/h5-10,13,15H,4,11-12,14H2,1-3H3,(H,23,27). The van der Waals surface area contributed by atoms with Gasteiger partial charge in [-0.25, -0.2) is 4.98 Å². The van der Waals surface area contributed by atoms with Crippen molar-refractivity contribution in [3.8, 4) is 0 Å². The number of aryl methyl sites for hydroxylation is 2. The highest BCUT2D eigenvalue weighted by molar-refractivity contribution is 5.81. The first-order chi connectivity index (χ1) is 13.5. The summed E-state index contributed by atoms with van der Waals surface area (Å²) < 4.78 is 1.36. The van der Waals surface area contributed by atoms with Crippen LogP contribution in [-0.2, 0) is 11.3 Å². The molecule has 0 unspecified atom stereocenters. The fourth-order valence-corrected chi connectivity index (χ4v) is 3.29. The van der Waals surface area contributed by atoms with Crippen LogP contribution >= 0.6 is 0 Å². The van der Waals surface area contributed by atoms with Gasteiger partial charge in [0.25, 0.3) is 5.56 Å². The Morgan fingerprint density at radius 3 is 2.71 bits per heavy atom. The van der Waals surface area contributed by atoms with Crippen molar-refractivity contribution in [2.45, 2.75) is 27.3 Å². The maximum Gasteiger partial charge on any atom is 0.261 e. The van der Waals surface area contributed by atoms with Crippen molar-refractivity contribution in [1.29, 1.82) is 0 Å². The number of carbonyl (C=O) groups excluding carboxylic acids is 1. The summed E-state index contributed by atoms with van der Waals surface area (Å²) in [4.78, 5) is 31.5. The Hall–Kier alpha value is -3.15. The van der Waals surface area contributed by atoms with Crippen LogP contribution in [0, 0.1) is 13.8 Å². The Labute approximate surface area is 164 Å². The lowest BCUT2D eigenvalue weighted by Gasteiger charge is -2.23. The van der Waals surface area contributed by atoms with E-state index in [0.717, 1.165) is 17.8 Å². The molecule has 1 N–H and O–H groups in total. The monoisotopic (exact) mass is 378 g/mol. The first-order valence-electron chi connectivity index (χ1n) is 9.52. The van der Waals surface area contributed by atoms with E-state index in [1.54, 1.807) is 6.07 Å². The second-order valence-electron chi connectivity index (χ2n) is 6.92. The Balaban J connectivity index is 1.61. The average molecular weight is 378 g/mol. The maximum atomic E-state index is 12.6. The molecule has 146 valence electrons. The van der Waals surface area contributed by atoms with Crippen LogP contribution in [0.3, 0.4) is 0 Å². The van der Waals surface area contributed by atoms with E-state index in [1.807, 2.05) is 25.1 Å². The number of benzene rings is 2. The minimum atomic E-state index is -0.198. The van der Waals surface area contributed by atoms with Gasteiger partial charge >= 0.3 is 0 Å². The second-order valence-corrected chi connectivity index (χ2v) is 6.92. The van der Waals surface area contributed by atoms with Crippen molar-refractivity contribution < 1.29 is 4.79 Å². The van der Waals surface area contributed by atoms with Gasteiger partial charge in [0.15, 0.2) is 0 Å². The van der Waals surface area contributed by atoms with Gasteiger partial charge in [0.1, 0.15) is 6.54 Å². The van der Waals surface area contributed by atoms with Gasteiger partial charge in [-0.05, 0) is 50.1 Å². The fourth-order valence-electron chi connectivity index (χ4n) is 3.29. The number of para-hydroxylation sites is 1. The molecule has 6 nitrogen and oxygen atoms in total. The third-order valence-electron chi connectivity index (χ3n) is 4.82. The van der Waals surface area contributed by atoms with Gasteiger partial charge in [0, 0.05) is 25.3 Å². The Bertz CT molecular complexity index is 1040. The summed E-state index contributed by atoms with van der Waals surface area (Å²) in [6, 6.07) is 13.8. The summed E-state index contributed by atoms with van der Waals surface area (Å²) in [6.07, 6.45) is 1.45. The van der Waals surface area contributed by atoms with E-state index in [9.17, 15) is 9.59 Å². The van der Waals surface area contributed by atoms with Crippen molar-refractivity contribution in [1.82, 2.24) is 14.9 Å². The van der Waals surface area contributed by atoms with Gasteiger partial charge < -0.3 is 10.2 Å². The number of hydrogen-bond donors (Lipinski definition) is 1. The number of nitrogens with zero attached hydrogens (tertiary/aromatic N) is 3. The molecule has 2 aromatic carbocycles. The molecule has 0 bridgehead atoms. The van der Waals surface area contributed by atoms with Gasteiger partial charge in [-0.3, -0.25) is 14.2 Å². The van der Waals surface area contributed by atoms with Crippen molar-refractivity contribution in [2.24, 2.45) is 0 Å². The predicted octanol–water partition coefficient (Wildman–Crippen LogP) is 2.66. The van der Waals surface area contributed by atoms with Crippen molar-refractivity contribution in [3.63, 3.8) is 0 Å². The van der Waals surface area contributed by atoms with Crippen LogP contribution in [0.15, 0.2) is 53.6 Å². The molecule has 0 saturated carbocycles. The summed E-state index contributed by atoms with van der Waals surface area (Å²) in [5.41, 5.74) is 3.78. The summed E-state index contributed by atoms with van der Waals surface area (Å²) in [5, 5.41) is 3.43. The molecule has 1 aromatic heterocycles. The number of hydrogen-bond acceptors (Lipinski definition) is 4. The van der Waals surface area contributed by atoms with E-state index < -0.39 is 0 Å². The number of amides is 1. The number of carbonyl (C=O) groups is 1. The number of rotatable bonds is 7. The number of fused-ring (bicyclic) bond motifs is 1. The molecule has 0 fully saturated rings. The largest absolute Gasteiger partial charge is 0.370 e. The predicted molar refractivity (Wildman–Crippen MR) is 113 cm³/mol. The molecular weight excluding hydrogens is 352 g/mol. The first kappa shape index (κ1) is 19.6. The Morgan fingerprint density at radius 2 is 1.96 bits per heavy atom. The van der Waals surface area contributed by atoms with Gasteiger partial charge in [-0.2, -0.15) is 0 Å². The van der Waals surface area contributed by atoms with Crippen molar-refractivity contribution >= 4 is 22.5 Å². The molecule has 1 heterocycles. The zero-order valence-electron chi connectivity index (χ0n) is 16.6. The third kappa shape index (κ3) is 4.39. The molecular formula is C22H26N4O2. The van der Waals surface area contributed by atoms with E-state index in [4.69, 9.17) is 0 Å². The fraction of sp³-hybridized carbons (Fsp3) is 0.318. The maximum absolute atomic E-state index is 12.6. The summed E-state index contributed by atoms with van der Waals surface area (Å²) in [6.45, 7) is 8.10. The molecule has 0 spiro atoms. The van der Waals surface area contributed by atoms with E-state index in [-0.39, 0.29) is 18.0 Å². The zero-order chi connectivity index (χ0) is 20.1. The average Bonchev–Trinajstić information content (AvgIpc) is 2.68. The van der Waals surface area contributed by atoms with Crippen LogP contribution < -0.4 is 15.8 Å². The molecule has 0 aliphatic carbocycles. The molecule has 3 rings (SSSR count). The van der Waals surface area contributed by atoms with E-state index >= 15 is 0 Å². The van der Waals surface area contributed by atoms with Crippen molar-refractivity contribution in [3.05, 3.63) is 70.3 Å². The van der Waals surface area contributed by atoms with Crippen LogP contribution in [0.4, 0.5) is 5.69 Å². The molecule has 0 aliphatic heterocycles. The minimum absolute atomic E-state index is 0.0354. The van der Waals surface area contributed by atoms with Crippen LogP contribution in [0.5, 0.6) is 0 Å². The van der Waals surface area contributed by atoms with E-state index in [0.29, 0.717) is 24.0 Å². The lowest BCUT2D eigenvalue weighted by atomic mass is 10.1. The number of aromatic nitrogens is 2. The van der Waals surface area contributed by atoms with Crippen LogP contribution in [0.25, 0.3) is 10.9 Å². The summed E-state index contributed by atoms with van der Waals surface area (Å²) in [7, 11) is 0. The lowest BCUT2D eigenvalue weighted by molar-refractivity contribution is -0.121. The molecule has 28 heavy (non-hydrogen) atoms.